The molecule has 2 amide bonds. The van der Waals surface area contributed by atoms with E-state index in [1.54, 1.807) is 6.20 Å². The van der Waals surface area contributed by atoms with Gasteiger partial charge in [-0.05, 0) is 18.6 Å². The van der Waals surface area contributed by atoms with E-state index in [0.29, 0.717) is 18.7 Å². The summed E-state index contributed by atoms with van der Waals surface area (Å²) in [5.74, 6) is -0.521. The fourth-order valence-corrected chi connectivity index (χ4v) is 2.60. The molecule has 96 valence electrons. The van der Waals surface area contributed by atoms with Gasteiger partial charge in [0.25, 0.3) is 0 Å². The topological polar surface area (TPSA) is 72.0 Å². The predicted molar refractivity (Wildman–Crippen MR) is 72.4 cm³/mol. The summed E-state index contributed by atoms with van der Waals surface area (Å²) in [6, 6.07) is 5.67. The molecule has 6 heteroatoms. The number of hydrogen-bond donors (Lipinski definition) is 1. The van der Waals surface area contributed by atoms with Crippen molar-refractivity contribution in [3.05, 3.63) is 34.7 Å². The number of carbonyl (C=O) groups is 2. The number of carbonyl (C=O) groups excluding carboxylic acids is 2. The highest BCUT2D eigenvalue weighted by atomic mass is 79.9. The van der Waals surface area contributed by atoms with Gasteiger partial charge in [-0.2, -0.15) is 0 Å². The van der Waals surface area contributed by atoms with Gasteiger partial charge in [0, 0.05) is 22.5 Å². The minimum atomic E-state index is -0.443. The van der Waals surface area contributed by atoms with Crippen molar-refractivity contribution in [3.8, 4) is 0 Å². The highest BCUT2D eigenvalue weighted by Gasteiger charge is 2.30. The number of hydrogen-bond acceptors (Lipinski definition) is 4. The molecular weight excluding hydrogens is 310 g/mol. The zero-order chi connectivity index (χ0) is 13.4. The molecule has 1 N–H and O–H groups in total. The predicted octanol–water partition coefficient (Wildman–Crippen LogP) is 1.91. The van der Waals surface area contributed by atoms with Crippen LogP contribution < -0.4 is 5.32 Å². The molecule has 5 nitrogen and oxygen atoms in total. The average molecular weight is 320 g/mol. The maximum absolute atomic E-state index is 11.8. The summed E-state index contributed by atoms with van der Waals surface area (Å²) in [5, 5.41) is 3.22. The van der Waals surface area contributed by atoms with Crippen molar-refractivity contribution in [2.24, 2.45) is 0 Å². The van der Waals surface area contributed by atoms with Crippen LogP contribution >= 0.6 is 15.9 Å². The second-order valence-corrected chi connectivity index (χ2v) is 5.26. The van der Waals surface area contributed by atoms with E-state index in [1.807, 2.05) is 18.2 Å². The smallest absolute Gasteiger partial charge is 0.237 e. The zero-order valence-electron chi connectivity index (χ0n) is 9.89. The fraction of sp³-hybridized carbons (Fsp3) is 0.231. The van der Waals surface area contributed by atoms with Gasteiger partial charge in [0.1, 0.15) is 5.82 Å². The first-order valence-electron chi connectivity index (χ1n) is 5.90. The molecule has 2 aromatic rings. The fourth-order valence-electron chi connectivity index (χ4n) is 2.14. The standard InChI is InChI=1S/C13H10BrN3O2/c14-9-2-1-3-10-8(9)6-15-12(16-10)7-4-5-11(18)17-13(7)19/h1-3,6-7H,4-5H2,(H,17,18,19). The Balaban J connectivity index is 2.02. The molecule has 0 aliphatic carbocycles. The Morgan fingerprint density at radius 3 is 2.95 bits per heavy atom. The van der Waals surface area contributed by atoms with Gasteiger partial charge in [-0.1, -0.05) is 22.0 Å². The third-order valence-electron chi connectivity index (χ3n) is 3.14. The lowest BCUT2D eigenvalue weighted by Crippen LogP contribution is -2.40. The Morgan fingerprint density at radius 1 is 1.32 bits per heavy atom. The van der Waals surface area contributed by atoms with Gasteiger partial charge in [0.05, 0.1) is 11.4 Å². The maximum Gasteiger partial charge on any atom is 0.237 e. The molecule has 1 aliphatic rings. The van der Waals surface area contributed by atoms with Crippen LogP contribution in [0.4, 0.5) is 0 Å². The molecule has 1 unspecified atom stereocenters. The Bertz CT molecular complexity index is 687. The Kier molecular flexibility index (Phi) is 3.02. The zero-order valence-corrected chi connectivity index (χ0v) is 11.5. The second kappa shape index (κ2) is 4.70. The number of nitrogens with one attached hydrogen (secondary N) is 1. The number of imide groups is 1. The molecule has 1 atom stereocenters. The molecule has 1 aliphatic heterocycles. The molecule has 0 radical (unpaired) electrons. The SMILES string of the molecule is O=C1CCC(c2ncc3c(Br)cccc3n2)C(=O)N1. The number of rotatable bonds is 1. The number of piperidine rings is 1. The number of aromatic nitrogens is 2. The van der Waals surface area contributed by atoms with Crippen LogP contribution in [0.2, 0.25) is 0 Å². The summed E-state index contributed by atoms with van der Waals surface area (Å²) in [5.41, 5.74) is 0.782. The van der Waals surface area contributed by atoms with E-state index in [-0.39, 0.29) is 11.8 Å². The summed E-state index contributed by atoms with van der Waals surface area (Å²) in [6.07, 6.45) is 2.49. The lowest BCUT2D eigenvalue weighted by atomic mass is 9.97. The van der Waals surface area contributed by atoms with E-state index in [2.05, 4.69) is 31.2 Å². The summed E-state index contributed by atoms with van der Waals surface area (Å²) in [6.45, 7) is 0. The Labute approximate surface area is 117 Å². The number of nitrogens with zero attached hydrogens (tertiary/aromatic N) is 2. The molecule has 3 rings (SSSR count). The van der Waals surface area contributed by atoms with Crippen LogP contribution in [0.3, 0.4) is 0 Å². The van der Waals surface area contributed by atoms with Crippen LogP contribution in [-0.4, -0.2) is 21.8 Å². The van der Waals surface area contributed by atoms with Gasteiger partial charge in [0.15, 0.2) is 0 Å². The molecule has 1 aromatic heterocycles. The minimum Gasteiger partial charge on any atom is -0.296 e. The van der Waals surface area contributed by atoms with E-state index >= 15 is 0 Å². The van der Waals surface area contributed by atoms with E-state index in [0.717, 1.165) is 15.4 Å². The molecule has 0 bridgehead atoms. The summed E-state index contributed by atoms with van der Waals surface area (Å²) in [7, 11) is 0. The maximum atomic E-state index is 11.8. The van der Waals surface area contributed by atoms with Crippen LogP contribution in [0.1, 0.15) is 24.6 Å². The van der Waals surface area contributed by atoms with Gasteiger partial charge in [-0.3, -0.25) is 14.9 Å². The summed E-state index contributed by atoms with van der Waals surface area (Å²) in [4.78, 5) is 31.6. The minimum absolute atomic E-state index is 0.232. The molecule has 2 heterocycles. The Hall–Kier alpha value is -1.82. The van der Waals surface area contributed by atoms with Crippen molar-refractivity contribution in [3.63, 3.8) is 0 Å². The second-order valence-electron chi connectivity index (χ2n) is 4.40. The first-order chi connectivity index (χ1) is 9.15. The molecule has 0 saturated carbocycles. The monoisotopic (exact) mass is 319 g/mol. The first-order valence-corrected chi connectivity index (χ1v) is 6.69. The molecule has 19 heavy (non-hydrogen) atoms. The number of fused-ring (bicyclic) bond motifs is 1. The van der Waals surface area contributed by atoms with Gasteiger partial charge < -0.3 is 0 Å². The summed E-state index contributed by atoms with van der Waals surface area (Å²) >= 11 is 3.43. The van der Waals surface area contributed by atoms with Crippen molar-refractivity contribution < 1.29 is 9.59 Å². The van der Waals surface area contributed by atoms with E-state index in [9.17, 15) is 9.59 Å². The van der Waals surface area contributed by atoms with Crippen LogP contribution in [0.15, 0.2) is 28.9 Å². The van der Waals surface area contributed by atoms with Crippen LogP contribution in [0, 0.1) is 0 Å². The molecule has 0 spiro atoms. The van der Waals surface area contributed by atoms with E-state index in [1.165, 1.54) is 0 Å². The van der Waals surface area contributed by atoms with Crippen molar-refractivity contribution in [1.29, 1.82) is 0 Å². The van der Waals surface area contributed by atoms with Gasteiger partial charge in [-0.25, -0.2) is 9.97 Å². The van der Waals surface area contributed by atoms with Crippen LogP contribution in [0.25, 0.3) is 10.9 Å². The number of halogens is 1. The van der Waals surface area contributed by atoms with Crippen LogP contribution in [0.5, 0.6) is 0 Å². The highest BCUT2D eigenvalue weighted by molar-refractivity contribution is 9.10. The highest BCUT2D eigenvalue weighted by Crippen LogP contribution is 2.26. The first kappa shape index (κ1) is 12.2. The van der Waals surface area contributed by atoms with Crippen molar-refractivity contribution in [2.45, 2.75) is 18.8 Å². The number of benzene rings is 1. The van der Waals surface area contributed by atoms with Crippen molar-refractivity contribution >= 4 is 38.6 Å². The molecule has 1 saturated heterocycles. The average Bonchev–Trinajstić information content (AvgIpc) is 2.38. The molecule has 1 fully saturated rings. The normalized spacial score (nSPS) is 19.5. The molecule has 1 aromatic carbocycles. The van der Waals surface area contributed by atoms with Gasteiger partial charge >= 0.3 is 0 Å². The van der Waals surface area contributed by atoms with Crippen LogP contribution in [-0.2, 0) is 9.59 Å². The third kappa shape index (κ3) is 2.23. The van der Waals surface area contributed by atoms with E-state index < -0.39 is 5.92 Å². The Morgan fingerprint density at radius 2 is 2.16 bits per heavy atom. The molecular formula is C13H10BrN3O2. The summed E-state index contributed by atoms with van der Waals surface area (Å²) < 4.78 is 0.917. The third-order valence-corrected chi connectivity index (χ3v) is 3.83. The lowest BCUT2D eigenvalue weighted by molar-refractivity contribution is -0.134. The number of amides is 2. The van der Waals surface area contributed by atoms with Gasteiger partial charge in [0.2, 0.25) is 11.8 Å². The quantitative estimate of drug-likeness (QED) is 0.815. The van der Waals surface area contributed by atoms with Crippen molar-refractivity contribution in [2.75, 3.05) is 0 Å². The largest absolute Gasteiger partial charge is 0.296 e. The van der Waals surface area contributed by atoms with Gasteiger partial charge in [-0.15, -0.1) is 0 Å². The van der Waals surface area contributed by atoms with E-state index in [4.69, 9.17) is 0 Å². The van der Waals surface area contributed by atoms with Crippen molar-refractivity contribution in [1.82, 2.24) is 15.3 Å². The lowest BCUT2D eigenvalue weighted by Gasteiger charge is -2.19.